The molecule has 1 amide bonds. The number of morpholine rings is 1. The minimum atomic E-state index is -3.92. The van der Waals surface area contributed by atoms with Gasteiger partial charge in [0.2, 0.25) is 10.0 Å². The molecular formula is C16H21FN2O4S. The van der Waals surface area contributed by atoms with Crippen molar-refractivity contribution in [1.29, 1.82) is 0 Å². The molecule has 6 nitrogen and oxygen atoms in total. The van der Waals surface area contributed by atoms with Crippen molar-refractivity contribution in [2.75, 3.05) is 39.4 Å². The van der Waals surface area contributed by atoms with Crippen LogP contribution in [0.15, 0.2) is 23.1 Å². The lowest BCUT2D eigenvalue weighted by Gasteiger charge is -2.28. The van der Waals surface area contributed by atoms with Crippen LogP contribution in [0.5, 0.6) is 0 Å². The first-order valence-corrected chi connectivity index (χ1v) is 9.61. The molecule has 8 heteroatoms. The fraction of sp³-hybridized carbons (Fsp3) is 0.562. The van der Waals surface area contributed by atoms with Crippen LogP contribution >= 0.6 is 0 Å². The molecule has 2 aliphatic heterocycles. The van der Waals surface area contributed by atoms with E-state index in [9.17, 15) is 17.6 Å². The van der Waals surface area contributed by atoms with Gasteiger partial charge in [-0.1, -0.05) is 6.42 Å². The third-order valence-corrected chi connectivity index (χ3v) is 6.32. The molecule has 24 heavy (non-hydrogen) atoms. The maximum Gasteiger partial charge on any atom is 0.254 e. The van der Waals surface area contributed by atoms with Gasteiger partial charge in [0.15, 0.2) is 0 Å². The molecule has 2 heterocycles. The highest BCUT2D eigenvalue weighted by Crippen LogP contribution is 2.24. The van der Waals surface area contributed by atoms with Crippen LogP contribution in [0.2, 0.25) is 0 Å². The first-order valence-electron chi connectivity index (χ1n) is 8.17. The molecule has 2 aliphatic rings. The Morgan fingerprint density at radius 3 is 2.38 bits per heavy atom. The number of hydrogen-bond acceptors (Lipinski definition) is 4. The number of sulfonamides is 1. The average molecular weight is 356 g/mol. The summed E-state index contributed by atoms with van der Waals surface area (Å²) < 4.78 is 46.1. The second-order valence-corrected chi connectivity index (χ2v) is 7.92. The average Bonchev–Trinajstić information content (AvgIpc) is 2.63. The largest absolute Gasteiger partial charge is 0.378 e. The molecule has 0 bridgehead atoms. The zero-order valence-corrected chi connectivity index (χ0v) is 14.2. The number of carbonyl (C=O) groups is 1. The normalized spacial score (nSPS) is 20.1. The van der Waals surface area contributed by atoms with Crippen LogP contribution in [0, 0.1) is 5.82 Å². The maximum atomic E-state index is 14.2. The highest BCUT2D eigenvalue weighted by atomic mass is 32.2. The molecule has 0 aromatic heterocycles. The van der Waals surface area contributed by atoms with Crippen molar-refractivity contribution in [3.8, 4) is 0 Å². The van der Waals surface area contributed by atoms with E-state index in [1.807, 2.05) is 0 Å². The van der Waals surface area contributed by atoms with Gasteiger partial charge in [-0.05, 0) is 31.0 Å². The molecule has 0 N–H and O–H groups in total. The highest BCUT2D eigenvalue weighted by molar-refractivity contribution is 7.89. The van der Waals surface area contributed by atoms with E-state index >= 15 is 0 Å². The van der Waals surface area contributed by atoms with E-state index < -0.39 is 20.7 Å². The molecule has 1 aromatic rings. The van der Waals surface area contributed by atoms with E-state index in [1.165, 1.54) is 10.4 Å². The molecule has 0 atom stereocenters. The van der Waals surface area contributed by atoms with Gasteiger partial charge in [0, 0.05) is 31.7 Å². The van der Waals surface area contributed by atoms with E-state index in [0.29, 0.717) is 39.4 Å². The maximum absolute atomic E-state index is 14.2. The van der Waals surface area contributed by atoms with Crippen molar-refractivity contribution in [3.63, 3.8) is 0 Å². The van der Waals surface area contributed by atoms with Gasteiger partial charge in [0.1, 0.15) is 10.7 Å². The molecule has 3 rings (SSSR count). The van der Waals surface area contributed by atoms with Gasteiger partial charge in [-0.2, -0.15) is 4.31 Å². The zero-order valence-electron chi connectivity index (χ0n) is 13.4. The zero-order chi connectivity index (χ0) is 17.2. The molecule has 0 aliphatic carbocycles. The van der Waals surface area contributed by atoms with Gasteiger partial charge < -0.3 is 9.64 Å². The monoisotopic (exact) mass is 356 g/mol. The summed E-state index contributed by atoms with van der Waals surface area (Å²) >= 11 is 0. The summed E-state index contributed by atoms with van der Waals surface area (Å²) in [5, 5.41) is 0. The summed E-state index contributed by atoms with van der Waals surface area (Å²) in [6, 6.07) is 3.56. The molecule has 0 radical (unpaired) electrons. The number of rotatable bonds is 3. The first kappa shape index (κ1) is 17.3. The Morgan fingerprint density at radius 1 is 1.04 bits per heavy atom. The Hall–Kier alpha value is -1.51. The van der Waals surface area contributed by atoms with Crippen LogP contribution in [-0.2, 0) is 14.8 Å². The van der Waals surface area contributed by atoms with Crippen molar-refractivity contribution in [1.82, 2.24) is 9.21 Å². The molecular weight excluding hydrogens is 335 g/mol. The molecule has 0 spiro atoms. The Bertz CT molecular complexity index is 711. The Labute approximate surface area is 141 Å². The number of benzene rings is 1. The molecule has 2 fully saturated rings. The molecule has 1 aromatic carbocycles. The predicted octanol–water partition coefficient (Wildman–Crippen LogP) is 1.47. The van der Waals surface area contributed by atoms with Crippen LogP contribution in [0.3, 0.4) is 0 Å². The van der Waals surface area contributed by atoms with Crippen LogP contribution in [0.4, 0.5) is 4.39 Å². The molecule has 0 unspecified atom stereocenters. The summed E-state index contributed by atoms with van der Waals surface area (Å²) in [4.78, 5) is 13.7. The van der Waals surface area contributed by atoms with E-state index in [1.54, 1.807) is 4.90 Å². The third-order valence-electron chi connectivity index (χ3n) is 4.41. The van der Waals surface area contributed by atoms with Crippen molar-refractivity contribution in [2.45, 2.75) is 24.2 Å². The van der Waals surface area contributed by atoms with Crippen LogP contribution < -0.4 is 0 Å². The van der Waals surface area contributed by atoms with E-state index in [4.69, 9.17) is 4.74 Å². The molecule has 2 saturated heterocycles. The quantitative estimate of drug-likeness (QED) is 0.823. The molecule has 0 saturated carbocycles. The number of hydrogen-bond donors (Lipinski definition) is 0. The number of amides is 1. The third kappa shape index (κ3) is 3.45. The van der Waals surface area contributed by atoms with Crippen LogP contribution in [0.1, 0.15) is 29.6 Å². The Balaban J connectivity index is 1.89. The second-order valence-electron chi connectivity index (χ2n) is 6.01. The Kier molecular flexibility index (Phi) is 5.17. The minimum absolute atomic E-state index is 0.189. The predicted molar refractivity (Wildman–Crippen MR) is 85.7 cm³/mol. The van der Waals surface area contributed by atoms with Gasteiger partial charge in [-0.15, -0.1) is 0 Å². The van der Waals surface area contributed by atoms with Crippen molar-refractivity contribution in [2.24, 2.45) is 0 Å². The van der Waals surface area contributed by atoms with Crippen molar-refractivity contribution >= 4 is 15.9 Å². The number of piperidine rings is 1. The lowest BCUT2D eigenvalue weighted by atomic mass is 10.2. The van der Waals surface area contributed by atoms with Crippen LogP contribution in [-0.4, -0.2) is 62.9 Å². The lowest BCUT2D eigenvalue weighted by Crippen LogP contribution is -2.41. The molecule has 132 valence electrons. The fourth-order valence-electron chi connectivity index (χ4n) is 3.03. The number of halogens is 1. The fourth-order valence-corrected chi connectivity index (χ4v) is 4.63. The summed E-state index contributed by atoms with van der Waals surface area (Å²) in [6.07, 6.45) is 2.52. The highest BCUT2D eigenvalue weighted by Gasteiger charge is 2.30. The van der Waals surface area contributed by atoms with Gasteiger partial charge in [0.25, 0.3) is 5.91 Å². The summed E-state index contributed by atoms with van der Waals surface area (Å²) in [6.45, 7) is 2.58. The van der Waals surface area contributed by atoms with Crippen molar-refractivity contribution < 1.29 is 22.3 Å². The van der Waals surface area contributed by atoms with Gasteiger partial charge in [-0.25, -0.2) is 12.8 Å². The second kappa shape index (κ2) is 7.16. The van der Waals surface area contributed by atoms with E-state index in [2.05, 4.69) is 0 Å². The number of ether oxygens (including phenoxy) is 1. The van der Waals surface area contributed by atoms with Gasteiger partial charge in [0.05, 0.1) is 13.2 Å². The first-order chi connectivity index (χ1) is 11.5. The minimum Gasteiger partial charge on any atom is -0.378 e. The van der Waals surface area contributed by atoms with E-state index in [0.717, 1.165) is 31.4 Å². The SMILES string of the molecule is O=C(c1ccc(F)c(S(=O)(=O)N2CCCCC2)c1)N1CCOCC1. The number of nitrogens with zero attached hydrogens (tertiary/aromatic N) is 2. The van der Waals surface area contributed by atoms with E-state index in [-0.39, 0.29) is 11.5 Å². The number of carbonyl (C=O) groups excluding carboxylic acids is 1. The van der Waals surface area contributed by atoms with Crippen molar-refractivity contribution in [3.05, 3.63) is 29.6 Å². The lowest BCUT2D eigenvalue weighted by molar-refractivity contribution is 0.0302. The summed E-state index contributed by atoms with van der Waals surface area (Å²) in [7, 11) is -3.92. The summed E-state index contributed by atoms with van der Waals surface area (Å²) in [5.74, 6) is -1.12. The summed E-state index contributed by atoms with van der Waals surface area (Å²) in [5.41, 5.74) is 0.189. The Morgan fingerprint density at radius 2 is 1.71 bits per heavy atom. The smallest absolute Gasteiger partial charge is 0.254 e. The van der Waals surface area contributed by atoms with Gasteiger partial charge >= 0.3 is 0 Å². The van der Waals surface area contributed by atoms with Gasteiger partial charge in [-0.3, -0.25) is 4.79 Å². The van der Waals surface area contributed by atoms with Crippen LogP contribution in [0.25, 0.3) is 0 Å². The topological polar surface area (TPSA) is 66.9 Å². The standard InChI is InChI=1S/C16H21FN2O4S/c17-14-5-4-13(16(20)18-8-10-23-11-9-18)12-15(14)24(21,22)19-6-2-1-3-7-19/h4-5,12H,1-3,6-11H2.